The van der Waals surface area contributed by atoms with E-state index < -0.39 is 0 Å². The van der Waals surface area contributed by atoms with Crippen LogP contribution in [0.5, 0.6) is 0 Å². The topological polar surface area (TPSA) is 39.8 Å². The lowest BCUT2D eigenvalue weighted by Gasteiger charge is -2.25. The molecular formula is C19H19N3O. The standard InChI is InChI=1S/C19H19N3O/c1-12-20-9-11-21(12)16-8-7-15-17(19(16)23)14-6-2-4-13-5-3-10-22(15)18(13)14/h2,4,6,9,11,16H,3,5,7-8,10H2,1H3. The lowest BCUT2D eigenvalue weighted by Crippen LogP contribution is -2.27. The fourth-order valence-corrected chi connectivity index (χ4v) is 4.50. The summed E-state index contributed by atoms with van der Waals surface area (Å²) in [5, 5.41) is 1.16. The summed E-state index contributed by atoms with van der Waals surface area (Å²) in [7, 11) is 0. The van der Waals surface area contributed by atoms with E-state index in [0.717, 1.165) is 42.6 Å². The van der Waals surface area contributed by atoms with Crippen LogP contribution in [0.25, 0.3) is 10.9 Å². The SMILES string of the molecule is Cc1nccn1C1CCc2c(c3cccc4c3n2CCC4)C1=O. The summed E-state index contributed by atoms with van der Waals surface area (Å²) in [5.74, 6) is 1.18. The van der Waals surface area contributed by atoms with Gasteiger partial charge < -0.3 is 9.13 Å². The highest BCUT2D eigenvalue weighted by Gasteiger charge is 2.35. The van der Waals surface area contributed by atoms with Gasteiger partial charge in [-0.15, -0.1) is 0 Å². The molecule has 4 heteroatoms. The summed E-state index contributed by atoms with van der Waals surface area (Å²) in [6.45, 7) is 3.02. The van der Waals surface area contributed by atoms with Crippen LogP contribution in [0.1, 0.15) is 46.3 Å². The van der Waals surface area contributed by atoms with Crippen molar-refractivity contribution in [2.24, 2.45) is 0 Å². The quantitative estimate of drug-likeness (QED) is 0.690. The molecular weight excluding hydrogens is 286 g/mol. The van der Waals surface area contributed by atoms with Crippen molar-refractivity contribution in [3.8, 4) is 0 Å². The Labute approximate surface area is 134 Å². The molecule has 0 bridgehead atoms. The van der Waals surface area contributed by atoms with Gasteiger partial charge in [0.2, 0.25) is 0 Å². The highest BCUT2D eigenvalue weighted by Crippen LogP contribution is 2.39. The van der Waals surface area contributed by atoms with Crippen LogP contribution in [0.3, 0.4) is 0 Å². The smallest absolute Gasteiger partial charge is 0.188 e. The second-order valence-electron chi connectivity index (χ2n) is 6.69. The fraction of sp³-hybridized carbons (Fsp3) is 0.368. The summed E-state index contributed by atoms with van der Waals surface area (Å²) in [6, 6.07) is 6.34. The largest absolute Gasteiger partial charge is 0.344 e. The number of para-hydroxylation sites is 1. The van der Waals surface area contributed by atoms with Crippen molar-refractivity contribution < 1.29 is 4.79 Å². The van der Waals surface area contributed by atoms with Gasteiger partial charge in [0, 0.05) is 35.6 Å². The zero-order valence-corrected chi connectivity index (χ0v) is 13.2. The van der Waals surface area contributed by atoms with Crippen LogP contribution in [0.4, 0.5) is 0 Å². The number of carbonyl (C=O) groups is 1. The average Bonchev–Trinajstić information content (AvgIpc) is 3.13. The van der Waals surface area contributed by atoms with E-state index in [1.165, 1.54) is 23.2 Å². The Bertz CT molecular complexity index is 947. The van der Waals surface area contributed by atoms with Crippen molar-refractivity contribution in [3.05, 3.63) is 53.2 Å². The van der Waals surface area contributed by atoms with E-state index in [2.05, 4.69) is 27.8 Å². The highest BCUT2D eigenvalue weighted by atomic mass is 16.1. The number of hydrogen-bond acceptors (Lipinski definition) is 2. The molecule has 0 spiro atoms. The first-order valence-corrected chi connectivity index (χ1v) is 8.42. The molecule has 1 unspecified atom stereocenters. The van der Waals surface area contributed by atoms with Crippen LogP contribution in [0.2, 0.25) is 0 Å². The monoisotopic (exact) mass is 305 g/mol. The van der Waals surface area contributed by atoms with E-state index >= 15 is 0 Å². The third-order valence-electron chi connectivity index (χ3n) is 5.50. The third-order valence-corrected chi connectivity index (χ3v) is 5.50. The Morgan fingerprint density at radius 2 is 2.17 bits per heavy atom. The number of carbonyl (C=O) groups excluding carboxylic acids is 1. The number of aromatic nitrogens is 3. The van der Waals surface area contributed by atoms with E-state index in [9.17, 15) is 4.79 Å². The summed E-state index contributed by atoms with van der Waals surface area (Å²) < 4.78 is 4.45. The first-order chi connectivity index (χ1) is 11.3. The van der Waals surface area contributed by atoms with E-state index in [-0.39, 0.29) is 11.8 Å². The molecule has 23 heavy (non-hydrogen) atoms. The lowest BCUT2D eigenvalue weighted by molar-refractivity contribution is 0.0907. The molecule has 2 aliphatic rings. The van der Waals surface area contributed by atoms with Crippen LogP contribution < -0.4 is 0 Å². The van der Waals surface area contributed by atoms with Gasteiger partial charge in [0.1, 0.15) is 5.82 Å². The molecule has 3 aromatic rings. The zero-order chi connectivity index (χ0) is 15.6. The van der Waals surface area contributed by atoms with Gasteiger partial charge in [0.05, 0.1) is 11.6 Å². The molecule has 0 N–H and O–H groups in total. The Morgan fingerprint density at radius 3 is 3.00 bits per heavy atom. The van der Waals surface area contributed by atoms with Gasteiger partial charge in [0.15, 0.2) is 5.78 Å². The molecule has 0 saturated heterocycles. The molecule has 1 atom stereocenters. The summed E-state index contributed by atoms with van der Waals surface area (Å²) in [6.07, 6.45) is 7.86. The molecule has 3 heterocycles. The second-order valence-corrected chi connectivity index (χ2v) is 6.69. The summed E-state index contributed by atoms with van der Waals surface area (Å²) in [5.41, 5.74) is 4.92. The number of benzene rings is 1. The zero-order valence-electron chi connectivity index (χ0n) is 13.2. The van der Waals surface area contributed by atoms with Crippen molar-refractivity contribution in [1.82, 2.24) is 14.1 Å². The minimum Gasteiger partial charge on any atom is -0.344 e. The van der Waals surface area contributed by atoms with Gasteiger partial charge in [-0.05, 0) is 38.2 Å². The molecule has 0 radical (unpaired) electrons. The lowest BCUT2D eigenvalue weighted by atomic mass is 9.89. The number of fused-ring (bicyclic) bond motifs is 3. The Morgan fingerprint density at radius 1 is 1.26 bits per heavy atom. The van der Waals surface area contributed by atoms with Gasteiger partial charge in [-0.2, -0.15) is 0 Å². The van der Waals surface area contributed by atoms with Crippen LogP contribution in [0.15, 0.2) is 30.6 Å². The number of hydrogen-bond donors (Lipinski definition) is 0. The van der Waals surface area contributed by atoms with Crippen LogP contribution in [0, 0.1) is 6.92 Å². The molecule has 0 amide bonds. The minimum absolute atomic E-state index is 0.103. The van der Waals surface area contributed by atoms with E-state index in [1.54, 1.807) is 6.20 Å². The van der Waals surface area contributed by atoms with Crippen molar-refractivity contribution >= 4 is 16.7 Å². The van der Waals surface area contributed by atoms with Crippen molar-refractivity contribution in [1.29, 1.82) is 0 Å². The maximum absolute atomic E-state index is 13.3. The number of Topliss-reactive ketones (excluding diaryl/α,β-unsaturated/α-hetero) is 1. The molecule has 116 valence electrons. The first kappa shape index (κ1) is 13.1. The van der Waals surface area contributed by atoms with Gasteiger partial charge in [-0.3, -0.25) is 4.79 Å². The maximum atomic E-state index is 13.3. The third kappa shape index (κ3) is 1.66. The van der Waals surface area contributed by atoms with E-state index in [0.29, 0.717) is 0 Å². The van der Waals surface area contributed by atoms with Crippen molar-refractivity contribution in [2.45, 2.75) is 45.2 Å². The first-order valence-electron chi connectivity index (χ1n) is 8.42. The molecule has 1 aromatic carbocycles. The second kappa shape index (κ2) is 4.57. The molecule has 2 aromatic heterocycles. The molecule has 4 nitrogen and oxygen atoms in total. The van der Waals surface area contributed by atoms with Gasteiger partial charge >= 0.3 is 0 Å². The predicted molar refractivity (Wildman–Crippen MR) is 88.9 cm³/mol. The molecule has 5 rings (SSSR count). The summed E-state index contributed by atoms with van der Waals surface area (Å²) >= 11 is 0. The minimum atomic E-state index is -0.103. The Hall–Kier alpha value is -2.36. The molecule has 1 aliphatic heterocycles. The number of rotatable bonds is 1. The molecule has 0 fully saturated rings. The number of aryl methyl sites for hydroxylation is 3. The van der Waals surface area contributed by atoms with Crippen LogP contribution >= 0.6 is 0 Å². The Kier molecular flexibility index (Phi) is 2.61. The normalized spacial score (nSPS) is 20.0. The van der Waals surface area contributed by atoms with E-state index in [1.807, 2.05) is 17.7 Å². The number of ketones is 1. The van der Waals surface area contributed by atoms with Gasteiger partial charge in [-0.1, -0.05) is 18.2 Å². The van der Waals surface area contributed by atoms with Crippen LogP contribution in [-0.2, 0) is 19.4 Å². The van der Waals surface area contributed by atoms with E-state index in [4.69, 9.17) is 0 Å². The number of imidazole rings is 1. The number of nitrogens with zero attached hydrogens (tertiary/aromatic N) is 3. The van der Waals surface area contributed by atoms with Crippen molar-refractivity contribution in [3.63, 3.8) is 0 Å². The van der Waals surface area contributed by atoms with Gasteiger partial charge in [0.25, 0.3) is 0 Å². The fourth-order valence-electron chi connectivity index (χ4n) is 4.50. The van der Waals surface area contributed by atoms with Crippen molar-refractivity contribution in [2.75, 3.05) is 0 Å². The average molecular weight is 305 g/mol. The summed E-state index contributed by atoms with van der Waals surface area (Å²) in [4.78, 5) is 17.6. The highest BCUT2D eigenvalue weighted by molar-refractivity contribution is 6.12. The maximum Gasteiger partial charge on any atom is 0.188 e. The van der Waals surface area contributed by atoms with Crippen LogP contribution in [-0.4, -0.2) is 19.9 Å². The molecule has 0 saturated carbocycles. The molecule has 1 aliphatic carbocycles. The Balaban J connectivity index is 1.75. The van der Waals surface area contributed by atoms with Gasteiger partial charge in [-0.25, -0.2) is 4.98 Å². The predicted octanol–water partition coefficient (Wildman–Crippen LogP) is 3.46.